The molecule has 0 unspecified atom stereocenters. The van der Waals surface area contributed by atoms with Crippen LogP contribution < -0.4 is 4.74 Å². The van der Waals surface area contributed by atoms with E-state index in [2.05, 4.69) is 6.07 Å². The van der Waals surface area contributed by atoms with Gasteiger partial charge in [-0.1, -0.05) is 72.3 Å². The maximum absolute atomic E-state index is 13.2. The zero-order chi connectivity index (χ0) is 25.1. The van der Waals surface area contributed by atoms with Crippen molar-refractivity contribution in [1.82, 2.24) is 4.90 Å². The van der Waals surface area contributed by atoms with Gasteiger partial charge in [0.05, 0.1) is 23.1 Å². The number of nitriles is 1. The molecule has 0 radical (unpaired) electrons. The van der Waals surface area contributed by atoms with Crippen LogP contribution in [0.2, 0.25) is 5.02 Å². The van der Waals surface area contributed by atoms with Gasteiger partial charge in [0.15, 0.2) is 0 Å². The first-order valence-electron chi connectivity index (χ1n) is 11.2. The van der Waals surface area contributed by atoms with Crippen LogP contribution >= 0.6 is 23.4 Å². The lowest BCUT2D eigenvalue weighted by atomic mass is 10.0. The minimum Gasteiger partial charge on any atom is -0.488 e. The zero-order valence-corrected chi connectivity index (χ0v) is 20.6. The minimum absolute atomic E-state index is 0.170. The highest BCUT2D eigenvalue weighted by atomic mass is 35.5. The number of carbonyl (C=O) groups is 2. The molecule has 4 aromatic rings. The Morgan fingerprint density at radius 1 is 0.944 bits per heavy atom. The quantitative estimate of drug-likeness (QED) is 0.257. The van der Waals surface area contributed by atoms with Gasteiger partial charge in [0.1, 0.15) is 12.4 Å². The van der Waals surface area contributed by atoms with Gasteiger partial charge >= 0.3 is 0 Å². The molecule has 36 heavy (non-hydrogen) atoms. The number of ether oxygens (including phenoxy) is 1. The lowest BCUT2D eigenvalue weighted by molar-refractivity contribution is -0.123. The molecule has 1 fully saturated rings. The molecule has 1 saturated heterocycles. The second-order valence-electron chi connectivity index (χ2n) is 8.15. The van der Waals surface area contributed by atoms with Crippen molar-refractivity contribution in [3.63, 3.8) is 0 Å². The summed E-state index contributed by atoms with van der Waals surface area (Å²) in [5, 5.41) is 11.5. The number of nitrogens with zero attached hydrogens (tertiary/aromatic N) is 2. The van der Waals surface area contributed by atoms with Crippen molar-refractivity contribution < 1.29 is 14.3 Å². The van der Waals surface area contributed by atoms with E-state index in [1.807, 2.05) is 54.6 Å². The lowest BCUT2D eigenvalue weighted by Crippen LogP contribution is -2.27. The molecule has 7 heteroatoms. The minimum atomic E-state index is -0.353. The molecule has 1 heterocycles. The van der Waals surface area contributed by atoms with Crippen LogP contribution in [0.1, 0.15) is 22.3 Å². The number of imide groups is 1. The highest BCUT2D eigenvalue weighted by molar-refractivity contribution is 8.18. The molecule has 176 valence electrons. The van der Waals surface area contributed by atoms with Crippen molar-refractivity contribution in [2.24, 2.45) is 0 Å². The van der Waals surface area contributed by atoms with Crippen LogP contribution in [-0.4, -0.2) is 16.0 Å². The first kappa shape index (κ1) is 23.7. The summed E-state index contributed by atoms with van der Waals surface area (Å²) >= 11 is 6.87. The number of rotatable bonds is 6. The number of carbonyl (C=O) groups excluding carboxylic acids is 2. The Hall–Kier alpha value is -4.05. The van der Waals surface area contributed by atoms with Gasteiger partial charge in [-0.15, -0.1) is 0 Å². The zero-order valence-electron chi connectivity index (χ0n) is 19.0. The number of hydrogen-bond donors (Lipinski definition) is 0. The normalized spacial score (nSPS) is 14.4. The topological polar surface area (TPSA) is 70.4 Å². The van der Waals surface area contributed by atoms with Crippen LogP contribution in [0.3, 0.4) is 0 Å². The lowest BCUT2D eigenvalue weighted by Gasteiger charge is -2.14. The average molecular weight is 511 g/mol. The fraction of sp³-hybridized carbons (Fsp3) is 0.0690. The summed E-state index contributed by atoms with van der Waals surface area (Å²) in [6, 6.07) is 28.1. The third kappa shape index (κ3) is 4.85. The Balaban J connectivity index is 1.48. The summed E-state index contributed by atoms with van der Waals surface area (Å²) in [5.74, 6) is 0.208. The maximum atomic E-state index is 13.2. The van der Waals surface area contributed by atoms with E-state index in [-0.39, 0.29) is 24.3 Å². The molecule has 5 rings (SSSR count). The van der Waals surface area contributed by atoms with Crippen molar-refractivity contribution in [3.8, 4) is 11.8 Å². The fourth-order valence-corrected chi connectivity index (χ4v) is 4.95. The van der Waals surface area contributed by atoms with Gasteiger partial charge in [0.2, 0.25) is 0 Å². The van der Waals surface area contributed by atoms with Crippen molar-refractivity contribution in [3.05, 3.63) is 117 Å². The first-order chi connectivity index (χ1) is 17.5. The van der Waals surface area contributed by atoms with Gasteiger partial charge in [0.25, 0.3) is 11.1 Å². The maximum Gasteiger partial charge on any atom is 0.293 e. The number of amides is 2. The molecular weight excluding hydrogens is 492 g/mol. The van der Waals surface area contributed by atoms with E-state index >= 15 is 0 Å². The van der Waals surface area contributed by atoms with Gasteiger partial charge in [0, 0.05) is 16.1 Å². The summed E-state index contributed by atoms with van der Waals surface area (Å²) < 4.78 is 6.15. The van der Waals surface area contributed by atoms with Gasteiger partial charge in [-0.25, -0.2) is 0 Å². The Kier molecular flexibility index (Phi) is 6.77. The van der Waals surface area contributed by atoms with Crippen LogP contribution in [-0.2, 0) is 17.9 Å². The van der Waals surface area contributed by atoms with E-state index in [0.717, 1.165) is 33.7 Å². The number of thioether (sulfide) groups is 1. The van der Waals surface area contributed by atoms with Crippen LogP contribution in [0.15, 0.2) is 89.8 Å². The summed E-state index contributed by atoms with van der Waals surface area (Å²) in [6.07, 6.45) is 1.72. The molecule has 0 atom stereocenters. The Labute approximate surface area is 217 Å². The molecule has 0 N–H and O–H groups in total. The third-order valence-corrected chi connectivity index (χ3v) is 7.01. The SMILES string of the molecule is N#Cc1ccccc1COc1ccc2ccccc2c1/C=C1/SC(=O)N(Cc2ccc(Cl)cc2)C1=O. The van der Waals surface area contributed by atoms with E-state index in [4.69, 9.17) is 16.3 Å². The number of fused-ring (bicyclic) bond motifs is 1. The molecule has 4 aromatic carbocycles. The Bertz CT molecular complexity index is 1560. The largest absolute Gasteiger partial charge is 0.488 e. The van der Waals surface area contributed by atoms with Crippen LogP contribution in [0.25, 0.3) is 16.8 Å². The summed E-state index contributed by atoms with van der Waals surface area (Å²) in [4.78, 5) is 27.5. The molecule has 0 aromatic heterocycles. The molecule has 5 nitrogen and oxygen atoms in total. The van der Waals surface area contributed by atoms with Crippen molar-refractivity contribution >= 4 is 51.4 Å². The third-order valence-electron chi connectivity index (χ3n) is 5.85. The predicted octanol–water partition coefficient (Wildman–Crippen LogP) is 7.18. The molecule has 0 saturated carbocycles. The first-order valence-corrected chi connectivity index (χ1v) is 12.4. The van der Waals surface area contributed by atoms with E-state index in [1.54, 1.807) is 36.4 Å². The Morgan fingerprint density at radius 2 is 1.69 bits per heavy atom. The van der Waals surface area contributed by atoms with E-state index in [1.165, 1.54) is 4.90 Å². The van der Waals surface area contributed by atoms with E-state index < -0.39 is 0 Å². The molecular formula is C29H19ClN2O3S. The van der Waals surface area contributed by atoms with E-state index in [9.17, 15) is 14.9 Å². The monoisotopic (exact) mass is 510 g/mol. The Morgan fingerprint density at radius 3 is 2.50 bits per heavy atom. The van der Waals surface area contributed by atoms with Gasteiger partial charge < -0.3 is 4.74 Å². The average Bonchev–Trinajstić information content (AvgIpc) is 3.16. The standard InChI is InChI=1S/C29H19ClN2O3S/c30-23-12-9-19(10-13-23)17-32-28(33)27(36-29(32)34)15-25-24-8-4-3-5-20(24)11-14-26(25)35-18-22-7-2-1-6-21(22)16-31/h1-15H,17-18H2/b27-15+. The highest BCUT2D eigenvalue weighted by Gasteiger charge is 2.35. The number of benzene rings is 4. The van der Waals surface area contributed by atoms with Gasteiger partial charge in [-0.3, -0.25) is 14.5 Å². The van der Waals surface area contributed by atoms with Crippen LogP contribution in [0.4, 0.5) is 4.79 Å². The second kappa shape index (κ2) is 10.3. The molecule has 0 spiro atoms. The highest BCUT2D eigenvalue weighted by Crippen LogP contribution is 2.37. The fourth-order valence-electron chi connectivity index (χ4n) is 4.00. The number of hydrogen-bond acceptors (Lipinski definition) is 5. The summed E-state index contributed by atoms with van der Waals surface area (Å²) in [5.41, 5.74) is 2.83. The second-order valence-corrected chi connectivity index (χ2v) is 9.58. The van der Waals surface area contributed by atoms with E-state index in [0.29, 0.717) is 26.8 Å². The molecule has 0 bridgehead atoms. The molecule has 0 aliphatic carbocycles. The molecule has 1 aliphatic rings. The smallest absolute Gasteiger partial charge is 0.293 e. The van der Waals surface area contributed by atoms with Crippen molar-refractivity contribution in [2.75, 3.05) is 0 Å². The predicted molar refractivity (Wildman–Crippen MR) is 142 cm³/mol. The van der Waals surface area contributed by atoms with Crippen molar-refractivity contribution in [2.45, 2.75) is 13.2 Å². The summed E-state index contributed by atoms with van der Waals surface area (Å²) in [6.45, 7) is 0.365. The van der Waals surface area contributed by atoms with Gasteiger partial charge in [-0.2, -0.15) is 5.26 Å². The van der Waals surface area contributed by atoms with Crippen LogP contribution in [0.5, 0.6) is 5.75 Å². The number of halogens is 1. The van der Waals surface area contributed by atoms with Crippen molar-refractivity contribution in [1.29, 1.82) is 5.26 Å². The molecule has 2 amide bonds. The van der Waals surface area contributed by atoms with Crippen LogP contribution in [0, 0.1) is 11.3 Å². The molecule has 1 aliphatic heterocycles. The van der Waals surface area contributed by atoms with Gasteiger partial charge in [-0.05, 0) is 58.4 Å². The summed E-state index contributed by atoms with van der Waals surface area (Å²) in [7, 11) is 0.